The Kier molecular flexibility index (Phi) is 10.6. The lowest BCUT2D eigenvalue weighted by atomic mass is 10.3. The number of nitrogens with zero attached hydrogens (tertiary/aromatic N) is 3. The number of nitrogens with one attached hydrogen (secondary N) is 1. The van der Waals surface area contributed by atoms with Gasteiger partial charge in [-0.05, 0) is 53.9 Å². The summed E-state index contributed by atoms with van der Waals surface area (Å²) in [7, 11) is 0. The lowest BCUT2D eigenvalue weighted by Crippen LogP contribution is -2.35. The number of aromatic nitrogens is 2. The standard InChI is InChI=1S/C15H19IN4O.2ClH/c1-3-20(4-2)8-7-17-15(21)14-10-18-13-9-11(16)5-6-12(13)19-14;;/h5-6,9-10H,3-4,7-8H2,1-2H3,(H,17,21);2*1H/i16+4;;. The quantitative estimate of drug-likeness (QED) is 0.653. The van der Waals surface area contributed by atoms with E-state index >= 15 is 0 Å². The summed E-state index contributed by atoms with van der Waals surface area (Å²) in [6.45, 7) is 7.66. The minimum absolute atomic E-state index is 0. The highest BCUT2D eigenvalue weighted by Gasteiger charge is 2.09. The maximum Gasteiger partial charge on any atom is 0.271 e. The van der Waals surface area contributed by atoms with Gasteiger partial charge in [0.15, 0.2) is 0 Å². The van der Waals surface area contributed by atoms with Crippen molar-refractivity contribution in [1.29, 1.82) is 0 Å². The van der Waals surface area contributed by atoms with Crippen molar-refractivity contribution < 1.29 is 4.79 Å². The molecule has 8 heteroatoms. The zero-order valence-electron chi connectivity index (χ0n) is 13.1. The lowest BCUT2D eigenvalue weighted by molar-refractivity contribution is 0.0944. The van der Waals surface area contributed by atoms with E-state index in [2.05, 4.69) is 56.6 Å². The van der Waals surface area contributed by atoms with Crippen molar-refractivity contribution >= 4 is 64.3 Å². The molecule has 0 unspecified atom stereocenters. The Balaban J connectivity index is 0.00000242. The number of hydrogen-bond donors (Lipinski definition) is 1. The summed E-state index contributed by atoms with van der Waals surface area (Å²) < 4.78 is 1.10. The summed E-state index contributed by atoms with van der Waals surface area (Å²) in [5.74, 6) is -0.171. The molecule has 0 aliphatic heterocycles. The number of fused-ring (bicyclic) bond motifs is 1. The number of amides is 1. The molecule has 0 aliphatic rings. The van der Waals surface area contributed by atoms with Gasteiger partial charge in [0.1, 0.15) is 5.69 Å². The molecule has 0 aliphatic carbocycles. The van der Waals surface area contributed by atoms with Gasteiger partial charge < -0.3 is 10.2 Å². The molecule has 1 heterocycles. The Morgan fingerprint density at radius 1 is 1.22 bits per heavy atom. The van der Waals surface area contributed by atoms with Crippen LogP contribution in [0.4, 0.5) is 0 Å². The van der Waals surface area contributed by atoms with Gasteiger partial charge in [0, 0.05) is 16.7 Å². The molecule has 0 bridgehead atoms. The fourth-order valence-electron chi connectivity index (χ4n) is 2.05. The highest BCUT2D eigenvalue weighted by molar-refractivity contribution is 14.1. The number of halogens is 3. The number of rotatable bonds is 6. The van der Waals surface area contributed by atoms with E-state index in [1.54, 1.807) is 0 Å². The summed E-state index contributed by atoms with van der Waals surface area (Å²) in [6.07, 6.45) is 1.53. The first-order chi connectivity index (χ1) is 10.1. The van der Waals surface area contributed by atoms with Crippen molar-refractivity contribution in [2.24, 2.45) is 0 Å². The van der Waals surface area contributed by atoms with Gasteiger partial charge in [0.05, 0.1) is 17.2 Å². The van der Waals surface area contributed by atoms with Gasteiger partial charge in [0.25, 0.3) is 5.91 Å². The average molecular weight is 475 g/mol. The number of benzene rings is 1. The van der Waals surface area contributed by atoms with Crippen molar-refractivity contribution in [2.45, 2.75) is 13.8 Å². The summed E-state index contributed by atoms with van der Waals surface area (Å²) in [4.78, 5) is 23.0. The van der Waals surface area contributed by atoms with Gasteiger partial charge in [-0.15, -0.1) is 24.8 Å². The highest BCUT2D eigenvalue weighted by atomic mass is 131. The van der Waals surface area contributed by atoms with Gasteiger partial charge >= 0.3 is 0 Å². The first kappa shape index (κ1) is 22.3. The van der Waals surface area contributed by atoms with Crippen LogP contribution < -0.4 is 5.32 Å². The molecular formula is C15H21Cl2IN4O. The van der Waals surface area contributed by atoms with Crippen LogP contribution in [0.5, 0.6) is 0 Å². The lowest BCUT2D eigenvalue weighted by Gasteiger charge is -2.17. The molecule has 0 radical (unpaired) electrons. The molecule has 5 nitrogen and oxygen atoms in total. The van der Waals surface area contributed by atoms with E-state index in [1.165, 1.54) is 6.20 Å². The van der Waals surface area contributed by atoms with Gasteiger partial charge in [-0.25, -0.2) is 4.98 Å². The molecule has 0 spiro atoms. The molecule has 1 N–H and O–H groups in total. The number of likely N-dealkylation sites (N-methyl/N-ethyl adjacent to an activating group) is 1. The monoisotopic (exact) mass is 474 g/mol. The fourth-order valence-corrected chi connectivity index (χ4v) is 2.53. The van der Waals surface area contributed by atoms with Crippen molar-refractivity contribution in [1.82, 2.24) is 20.2 Å². The smallest absolute Gasteiger partial charge is 0.271 e. The topological polar surface area (TPSA) is 58.1 Å². The van der Waals surface area contributed by atoms with Crippen LogP contribution in [0, 0.1) is 3.57 Å². The second kappa shape index (κ2) is 11.0. The average Bonchev–Trinajstić information content (AvgIpc) is 2.50. The normalized spacial score (nSPS) is 10.1. The minimum atomic E-state index is -0.171. The van der Waals surface area contributed by atoms with Crippen LogP contribution in [-0.2, 0) is 0 Å². The van der Waals surface area contributed by atoms with Gasteiger partial charge in [0.2, 0.25) is 0 Å². The van der Waals surface area contributed by atoms with Crippen LogP contribution in [0.3, 0.4) is 0 Å². The van der Waals surface area contributed by atoms with E-state index in [9.17, 15) is 4.79 Å². The maximum absolute atomic E-state index is 12.1. The molecule has 1 aromatic heterocycles. The van der Waals surface area contributed by atoms with Crippen LogP contribution in [0.1, 0.15) is 24.3 Å². The predicted octanol–water partition coefficient (Wildman–Crippen LogP) is 3.15. The Bertz CT molecular complexity index is 638. The Hall–Kier alpha value is -0.700. The van der Waals surface area contributed by atoms with Crippen molar-refractivity contribution in [2.75, 3.05) is 26.2 Å². The molecule has 1 amide bonds. The van der Waals surface area contributed by atoms with E-state index in [1.807, 2.05) is 18.2 Å². The first-order valence-corrected chi connectivity index (χ1v) is 8.14. The third-order valence-electron chi connectivity index (χ3n) is 3.34. The van der Waals surface area contributed by atoms with Gasteiger partial charge in [-0.2, -0.15) is 0 Å². The zero-order valence-corrected chi connectivity index (χ0v) is 16.9. The van der Waals surface area contributed by atoms with Crippen LogP contribution in [0.15, 0.2) is 24.4 Å². The molecule has 1 aromatic carbocycles. The highest BCUT2D eigenvalue weighted by Crippen LogP contribution is 2.13. The second-order valence-corrected chi connectivity index (χ2v) is 5.92. The summed E-state index contributed by atoms with van der Waals surface area (Å²) in [6, 6.07) is 5.79. The Morgan fingerprint density at radius 3 is 2.57 bits per heavy atom. The molecule has 23 heavy (non-hydrogen) atoms. The largest absolute Gasteiger partial charge is 0.349 e. The minimum Gasteiger partial charge on any atom is -0.349 e. The number of carbonyl (C=O) groups is 1. The third-order valence-corrected chi connectivity index (χ3v) is 4.02. The van der Waals surface area contributed by atoms with E-state index < -0.39 is 0 Å². The molecule has 0 atom stereocenters. The molecule has 2 aromatic rings. The molecule has 0 fully saturated rings. The summed E-state index contributed by atoms with van der Waals surface area (Å²) >= 11 is 2.23. The van der Waals surface area contributed by atoms with Crippen LogP contribution in [0.2, 0.25) is 0 Å². The van der Waals surface area contributed by atoms with E-state index in [0.717, 1.165) is 34.2 Å². The van der Waals surface area contributed by atoms with Crippen molar-refractivity contribution in [3.63, 3.8) is 0 Å². The van der Waals surface area contributed by atoms with Crippen molar-refractivity contribution in [3.05, 3.63) is 33.7 Å². The Morgan fingerprint density at radius 2 is 1.91 bits per heavy atom. The van der Waals surface area contributed by atoms with Crippen LogP contribution in [0.25, 0.3) is 11.0 Å². The zero-order chi connectivity index (χ0) is 15.2. The summed E-state index contributed by atoms with van der Waals surface area (Å²) in [5.41, 5.74) is 1.91. The van der Waals surface area contributed by atoms with E-state index in [4.69, 9.17) is 0 Å². The van der Waals surface area contributed by atoms with E-state index in [0.29, 0.717) is 12.2 Å². The van der Waals surface area contributed by atoms with Crippen molar-refractivity contribution in [3.8, 4) is 0 Å². The predicted molar refractivity (Wildman–Crippen MR) is 107 cm³/mol. The number of carbonyl (C=O) groups excluding carboxylic acids is 1. The van der Waals surface area contributed by atoms with Gasteiger partial charge in [-0.3, -0.25) is 9.78 Å². The van der Waals surface area contributed by atoms with E-state index in [-0.39, 0.29) is 30.7 Å². The SMILES string of the molecule is CCN(CC)CCNC(=O)c1cnc2cc([131I])ccc2n1.Cl.Cl. The molecule has 0 saturated heterocycles. The fraction of sp³-hybridized carbons (Fsp3) is 0.400. The second-order valence-electron chi connectivity index (χ2n) is 4.67. The third kappa shape index (κ3) is 6.37. The molecular weight excluding hydrogens is 454 g/mol. The summed E-state index contributed by atoms with van der Waals surface area (Å²) in [5, 5.41) is 2.89. The Labute approximate surface area is 162 Å². The molecule has 0 saturated carbocycles. The maximum atomic E-state index is 12.1. The molecule has 2 rings (SSSR count). The van der Waals surface area contributed by atoms with Crippen LogP contribution >= 0.6 is 47.4 Å². The molecule has 128 valence electrons. The first-order valence-electron chi connectivity index (χ1n) is 7.07. The van der Waals surface area contributed by atoms with Gasteiger partial charge in [-0.1, -0.05) is 13.8 Å². The number of hydrogen-bond acceptors (Lipinski definition) is 4. The van der Waals surface area contributed by atoms with Crippen LogP contribution in [-0.4, -0.2) is 47.0 Å².